The lowest BCUT2D eigenvalue weighted by Gasteiger charge is -2.43. The van der Waals surface area contributed by atoms with E-state index in [-0.39, 0.29) is 11.8 Å². The fourth-order valence-electron chi connectivity index (χ4n) is 5.56. The topological polar surface area (TPSA) is 92.0 Å². The summed E-state index contributed by atoms with van der Waals surface area (Å²) in [6.45, 7) is 8.57. The Bertz CT molecular complexity index is 1320. The molecule has 1 aliphatic heterocycles. The number of benzene rings is 3. The SMILES string of the molecule is CCN(CC)C(=O)c1ccc(N/C(=N/C#N)N2CCC(C(O)(c3ccccc3)c3ccccc3C)CC2)cc1. The summed E-state index contributed by atoms with van der Waals surface area (Å²) in [5.41, 5.74) is 3.14. The van der Waals surface area contributed by atoms with Crippen molar-refractivity contribution in [2.24, 2.45) is 10.9 Å². The number of carbonyl (C=O) groups excluding carboxylic acids is 1. The summed E-state index contributed by atoms with van der Waals surface area (Å²) < 4.78 is 0. The Morgan fingerprint density at radius 1 is 1.03 bits per heavy atom. The van der Waals surface area contributed by atoms with Crippen LogP contribution in [-0.4, -0.2) is 53.0 Å². The molecule has 202 valence electrons. The molecule has 3 aromatic carbocycles. The van der Waals surface area contributed by atoms with Crippen LogP contribution in [0.25, 0.3) is 0 Å². The predicted molar refractivity (Wildman–Crippen MR) is 155 cm³/mol. The summed E-state index contributed by atoms with van der Waals surface area (Å²) in [4.78, 5) is 20.5. The van der Waals surface area contributed by atoms with Crippen molar-refractivity contribution in [2.75, 3.05) is 31.5 Å². The normalized spacial score (nSPS) is 15.8. The number of hydrogen-bond donors (Lipinski definition) is 2. The number of guanidine groups is 1. The third-order valence-corrected chi connectivity index (χ3v) is 7.75. The van der Waals surface area contributed by atoms with Crippen LogP contribution in [0.15, 0.2) is 83.9 Å². The number of rotatable bonds is 7. The Morgan fingerprint density at radius 3 is 2.23 bits per heavy atom. The number of nitrogens with one attached hydrogen (secondary N) is 1. The van der Waals surface area contributed by atoms with E-state index in [1.54, 1.807) is 17.0 Å². The van der Waals surface area contributed by atoms with E-state index in [9.17, 15) is 15.2 Å². The van der Waals surface area contributed by atoms with Crippen LogP contribution in [0.1, 0.15) is 53.7 Å². The van der Waals surface area contributed by atoms with Crippen LogP contribution in [0.4, 0.5) is 5.69 Å². The number of anilines is 1. The maximum Gasteiger partial charge on any atom is 0.253 e. The second kappa shape index (κ2) is 12.6. The van der Waals surface area contributed by atoms with E-state index in [0.717, 1.165) is 35.2 Å². The number of piperidine rings is 1. The van der Waals surface area contributed by atoms with Crippen LogP contribution in [-0.2, 0) is 5.60 Å². The van der Waals surface area contributed by atoms with E-state index in [0.29, 0.717) is 37.7 Å². The van der Waals surface area contributed by atoms with Crippen molar-refractivity contribution in [2.45, 2.75) is 39.2 Å². The van der Waals surface area contributed by atoms with Gasteiger partial charge in [-0.2, -0.15) is 5.26 Å². The van der Waals surface area contributed by atoms with Crippen LogP contribution in [0.2, 0.25) is 0 Å². The molecular weight excluding hydrogens is 486 g/mol. The van der Waals surface area contributed by atoms with Crippen molar-refractivity contribution < 1.29 is 9.90 Å². The maximum atomic E-state index is 12.6. The second-order valence-corrected chi connectivity index (χ2v) is 9.92. The summed E-state index contributed by atoms with van der Waals surface area (Å²) in [5, 5.41) is 25.0. The van der Waals surface area contributed by atoms with Gasteiger partial charge in [-0.25, -0.2) is 0 Å². The molecule has 1 amide bonds. The molecule has 1 aliphatic rings. The Kier molecular flexibility index (Phi) is 9.00. The van der Waals surface area contributed by atoms with Gasteiger partial charge in [0.2, 0.25) is 12.2 Å². The van der Waals surface area contributed by atoms with Crippen LogP contribution in [0, 0.1) is 24.3 Å². The summed E-state index contributed by atoms with van der Waals surface area (Å²) >= 11 is 0. The number of likely N-dealkylation sites (tertiary alicyclic amines) is 1. The molecule has 0 spiro atoms. The van der Waals surface area contributed by atoms with Crippen molar-refractivity contribution in [3.8, 4) is 6.19 Å². The maximum absolute atomic E-state index is 12.6. The molecule has 0 bridgehead atoms. The molecule has 1 saturated heterocycles. The van der Waals surface area contributed by atoms with E-state index >= 15 is 0 Å². The van der Waals surface area contributed by atoms with Gasteiger partial charge in [-0.3, -0.25) is 4.79 Å². The van der Waals surface area contributed by atoms with E-state index in [4.69, 9.17) is 0 Å². The Hall–Kier alpha value is -4.15. The van der Waals surface area contributed by atoms with Gasteiger partial charge >= 0.3 is 0 Å². The number of aryl methyl sites for hydroxylation is 1. The molecule has 2 N–H and O–H groups in total. The number of hydrogen-bond acceptors (Lipinski definition) is 4. The molecule has 3 aromatic rings. The highest BCUT2D eigenvalue weighted by Gasteiger charge is 2.42. The molecular formula is C32H37N5O2. The minimum Gasteiger partial charge on any atom is -0.380 e. The summed E-state index contributed by atoms with van der Waals surface area (Å²) in [5.74, 6) is 0.461. The predicted octanol–water partition coefficient (Wildman–Crippen LogP) is 5.37. The smallest absolute Gasteiger partial charge is 0.253 e. The average molecular weight is 524 g/mol. The Morgan fingerprint density at radius 2 is 1.64 bits per heavy atom. The number of aliphatic hydroxyl groups is 1. The van der Waals surface area contributed by atoms with Gasteiger partial charge in [-0.15, -0.1) is 4.99 Å². The summed E-state index contributed by atoms with van der Waals surface area (Å²) in [7, 11) is 0. The highest BCUT2D eigenvalue weighted by Crippen LogP contribution is 2.43. The third-order valence-electron chi connectivity index (χ3n) is 7.75. The van der Waals surface area contributed by atoms with Crippen LogP contribution in [0.3, 0.4) is 0 Å². The van der Waals surface area contributed by atoms with Crippen LogP contribution < -0.4 is 5.32 Å². The molecule has 1 unspecified atom stereocenters. The van der Waals surface area contributed by atoms with Gasteiger partial charge in [0.1, 0.15) is 5.60 Å². The van der Waals surface area contributed by atoms with Crippen molar-refractivity contribution in [3.05, 3.63) is 101 Å². The van der Waals surface area contributed by atoms with Gasteiger partial charge in [0, 0.05) is 37.4 Å². The zero-order valence-electron chi connectivity index (χ0n) is 23.0. The molecule has 0 aliphatic carbocycles. The lowest BCUT2D eigenvalue weighted by molar-refractivity contribution is -0.00702. The minimum absolute atomic E-state index is 0.000839. The van der Waals surface area contributed by atoms with Crippen molar-refractivity contribution in [1.29, 1.82) is 5.26 Å². The summed E-state index contributed by atoms with van der Waals surface area (Å²) in [6.07, 6.45) is 3.37. The van der Waals surface area contributed by atoms with Crippen molar-refractivity contribution >= 4 is 17.6 Å². The Labute approximate surface area is 231 Å². The highest BCUT2D eigenvalue weighted by molar-refractivity contribution is 5.97. The first-order valence-electron chi connectivity index (χ1n) is 13.6. The molecule has 4 rings (SSSR count). The zero-order valence-corrected chi connectivity index (χ0v) is 23.0. The number of nitriles is 1. The van der Waals surface area contributed by atoms with Crippen molar-refractivity contribution in [3.63, 3.8) is 0 Å². The standard InChI is InChI=1S/C32H37N5O2/c1-4-36(5-2)30(38)25-15-17-28(18-16-25)35-31(34-23-33)37-21-19-27(20-22-37)32(39,26-12-7-6-8-13-26)29-14-10-9-11-24(29)3/h6-18,27,39H,4-5,19-22H2,1-3H3,(H,34,35). The molecule has 1 heterocycles. The number of amides is 1. The van der Waals surface area contributed by atoms with E-state index in [1.807, 2.05) is 93.7 Å². The largest absolute Gasteiger partial charge is 0.380 e. The first-order chi connectivity index (χ1) is 18.9. The molecule has 7 heteroatoms. The number of aliphatic imine (C=N–C) groups is 1. The average Bonchev–Trinajstić information content (AvgIpc) is 2.98. The molecule has 0 aromatic heterocycles. The molecule has 7 nitrogen and oxygen atoms in total. The number of nitrogens with zero attached hydrogens (tertiary/aromatic N) is 4. The Balaban J connectivity index is 1.50. The molecule has 0 radical (unpaired) electrons. The van der Waals surface area contributed by atoms with Gasteiger partial charge in [0.05, 0.1) is 0 Å². The molecule has 1 atom stereocenters. The van der Waals surface area contributed by atoms with E-state index in [1.165, 1.54) is 0 Å². The lowest BCUT2D eigenvalue weighted by atomic mass is 9.71. The summed E-state index contributed by atoms with van der Waals surface area (Å²) in [6, 6.07) is 25.2. The fourth-order valence-corrected chi connectivity index (χ4v) is 5.56. The second-order valence-electron chi connectivity index (χ2n) is 9.92. The van der Waals surface area contributed by atoms with Crippen molar-refractivity contribution in [1.82, 2.24) is 9.80 Å². The van der Waals surface area contributed by atoms with Gasteiger partial charge in [0.15, 0.2) is 0 Å². The van der Waals surface area contributed by atoms with Gasteiger partial charge in [-0.1, -0.05) is 54.6 Å². The van der Waals surface area contributed by atoms with E-state index < -0.39 is 5.60 Å². The highest BCUT2D eigenvalue weighted by atomic mass is 16.3. The van der Waals surface area contributed by atoms with E-state index in [2.05, 4.69) is 15.2 Å². The van der Waals surface area contributed by atoms with Crippen LogP contribution in [0.5, 0.6) is 0 Å². The molecule has 1 fully saturated rings. The fraction of sp³-hybridized carbons (Fsp3) is 0.344. The first kappa shape index (κ1) is 27.9. The lowest BCUT2D eigenvalue weighted by Crippen LogP contribution is -2.47. The van der Waals surface area contributed by atoms with Crippen LogP contribution >= 0.6 is 0 Å². The van der Waals surface area contributed by atoms with Gasteiger partial charge in [-0.05, 0) is 80.5 Å². The van der Waals surface area contributed by atoms with Gasteiger partial charge in [0.25, 0.3) is 5.91 Å². The molecule has 39 heavy (non-hydrogen) atoms. The third kappa shape index (κ3) is 5.97. The quantitative estimate of drug-likeness (QED) is 0.247. The zero-order chi connectivity index (χ0) is 27.8. The minimum atomic E-state index is -1.12. The first-order valence-corrected chi connectivity index (χ1v) is 13.6. The van der Waals surface area contributed by atoms with Gasteiger partial charge < -0.3 is 20.2 Å². The monoisotopic (exact) mass is 523 g/mol. The molecule has 0 saturated carbocycles. The number of carbonyl (C=O) groups is 1.